The Labute approximate surface area is 124 Å². The van der Waals surface area contributed by atoms with Crippen LogP contribution in [0.3, 0.4) is 0 Å². The molecule has 0 saturated carbocycles. The lowest BCUT2D eigenvalue weighted by atomic mass is 9.89. The highest BCUT2D eigenvalue weighted by Crippen LogP contribution is 2.23. The van der Waals surface area contributed by atoms with Gasteiger partial charge in [-0.2, -0.15) is 0 Å². The average molecular weight is 274 g/mol. The Bertz CT molecular complexity index is 443. The second-order valence-corrected chi connectivity index (χ2v) is 8.00. The van der Waals surface area contributed by atoms with Gasteiger partial charge in [0.2, 0.25) is 0 Å². The van der Waals surface area contributed by atoms with Crippen molar-refractivity contribution >= 4 is 0 Å². The van der Waals surface area contributed by atoms with Crippen molar-refractivity contribution in [3.8, 4) is 0 Å². The third-order valence-electron chi connectivity index (χ3n) is 3.96. The lowest BCUT2D eigenvalue weighted by Crippen LogP contribution is -2.47. The molecule has 1 N–H and O–H groups in total. The zero-order valence-electron chi connectivity index (χ0n) is 13.8. The Morgan fingerprint density at radius 1 is 1.05 bits per heavy atom. The highest BCUT2D eigenvalue weighted by molar-refractivity contribution is 5.29. The molecule has 0 radical (unpaired) electrons. The van der Waals surface area contributed by atoms with Crippen LogP contribution in [0.1, 0.15) is 45.7 Å². The minimum Gasteiger partial charge on any atom is -0.311 e. The molecule has 20 heavy (non-hydrogen) atoms. The summed E-state index contributed by atoms with van der Waals surface area (Å²) in [6.07, 6.45) is 1.19. The van der Waals surface area contributed by atoms with Gasteiger partial charge in [-0.3, -0.25) is 4.90 Å². The Hall–Kier alpha value is -0.860. The molecule has 2 heteroatoms. The third-order valence-corrected chi connectivity index (χ3v) is 3.96. The topological polar surface area (TPSA) is 15.3 Å². The van der Waals surface area contributed by atoms with Crippen LogP contribution >= 0.6 is 0 Å². The number of benzene rings is 1. The van der Waals surface area contributed by atoms with Crippen molar-refractivity contribution in [3.63, 3.8) is 0 Å². The Morgan fingerprint density at radius 3 is 2.35 bits per heavy atom. The molecule has 2 rings (SSSR count). The van der Waals surface area contributed by atoms with Crippen LogP contribution in [0.25, 0.3) is 0 Å². The van der Waals surface area contributed by atoms with E-state index >= 15 is 0 Å². The zero-order valence-corrected chi connectivity index (χ0v) is 13.8. The van der Waals surface area contributed by atoms with Crippen molar-refractivity contribution in [2.24, 2.45) is 5.41 Å². The standard InChI is InChI=1S/C18H30N2/c1-17(2,3)19-13-18(4,5)14-20-11-10-15-8-6-7-9-16(15)12-20/h6-9,19H,10-14H2,1-5H3. The van der Waals surface area contributed by atoms with Crippen LogP contribution in [0.15, 0.2) is 24.3 Å². The van der Waals surface area contributed by atoms with Gasteiger partial charge < -0.3 is 5.32 Å². The highest BCUT2D eigenvalue weighted by atomic mass is 15.1. The number of hydrogen-bond acceptors (Lipinski definition) is 2. The summed E-state index contributed by atoms with van der Waals surface area (Å²) >= 11 is 0. The SMILES string of the molecule is CC(C)(CNC(C)(C)C)CN1CCc2ccccc2C1. The summed E-state index contributed by atoms with van der Waals surface area (Å²) in [6.45, 7) is 16.0. The van der Waals surface area contributed by atoms with Crippen LogP contribution in [0.4, 0.5) is 0 Å². The smallest absolute Gasteiger partial charge is 0.0236 e. The van der Waals surface area contributed by atoms with E-state index in [0.29, 0.717) is 5.41 Å². The van der Waals surface area contributed by atoms with Gasteiger partial charge in [0.1, 0.15) is 0 Å². The van der Waals surface area contributed by atoms with Gasteiger partial charge in [0.15, 0.2) is 0 Å². The molecule has 1 aromatic carbocycles. The van der Waals surface area contributed by atoms with Gasteiger partial charge in [0.25, 0.3) is 0 Å². The lowest BCUT2D eigenvalue weighted by molar-refractivity contribution is 0.153. The fraction of sp³-hybridized carbons (Fsp3) is 0.667. The van der Waals surface area contributed by atoms with Gasteiger partial charge in [-0.15, -0.1) is 0 Å². The summed E-state index contributed by atoms with van der Waals surface area (Å²) in [5.41, 5.74) is 3.55. The molecular weight excluding hydrogens is 244 g/mol. The van der Waals surface area contributed by atoms with Gasteiger partial charge in [0, 0.05) is 31.7 Å². The summed E-state index contributed by atoms with van der Waals surface area (Å²) in [7, 11) is 0. The number of hydrogen-bond donors (Lipinski definition) is 1. The maximum absolute atomic E-state index is 3.64. The fourth-order valence-corrected chi connectivity index (χ4v) is 2.85. The van der Waals surface area contributed by atoms with Crippen LogP contribution < -0.4 is 5.32 Å². The van der Waals surface area contributed by atoms with Crippen LogP contribution in [-0.4, -0.2) is 30.1 Å². The van der Waals surface area contributed by atoms with Crippen LogP contribution in [0.2, 0.25) is 0 Å². The molecule has 0 bridgehead atoms. The Kier molecular flexibility index (Phi) is 4.55. The quantitative estimate of drug-likeness (QED) is 0.904. The second kappa shape index (κ2) is 5.87. The van der Waals surface area contributed by atoms with E-state index in [2.05, 4.69) is 69.1 Å². The van der Waals surface area contributed by atoms with Gasteiger partial charge in [-0.1, -0.05) is 38.1 Å². The summed E-state index contributed by atoms with van der Waals surface area (Å²) in [5, 5.41) is 3.64. The number of nitrogens with zero attached hydrogens (tertiary/aromatic N) is 1. The normalized spacial score (nSPS) is 17.1. The molecule has 2 nitrogen and oxygen atoms in total. The first-order valence-electron chi connectivity index (χ1n) is 7.79. The van der Waals surface area contributed by atoms with Gasteiger partial charge >= 0.3 is 0 Å². The third kappa shape index (κ3) is 4.60. The number of rotatable bonds is 4. The molecule has 0 aliphatic carbocycles. The van der Waals surface area contributed by atoms with Crippen molar-refractivity contribution in [1.29, 1.82) is 0 Å². The van der Waals surface area contributed by atoms with Gasteiger partial charge in [0.05, 0.1) is 0 Å². The van der Waals surface area contributed by atoms with E-state index in [1.807, 2.05) is 0 Å². The second-order valence-electron chi connectivity index (χ2n) is 8.00. The summed E-state index contributed by atoms with van der Waals surface area (Å²) in [6, 6.07) is 8.88. The van der Waals surface area contributed by atoms with Crippen LogP contribution in [0.5, 0.6) is 0 Å². The van der Waals surface area contributed by atoms with Crippen molar-refractivity contribution in [3.05, 3.63) is 35.4 Å². The van der Waals surface area contributed by atoms with Gasteiger partial charge in [-0.05, 0) is 43.7 Å². The highest BCUT2D eigenvalue weighted by Gasteiger charge is 2.25. The maximum Gasteiger partial charge on any atom is 0.0236 e. The average Bonchev–Trinajstić information content (AvgIpc) is 2.35. The lowest BCUT2D eigenvalue weighted by Gasteiger charge is -2.37. The minimum atomic E-state index is 0.200. The molecule has 0 saturated heterocycles. The minimum absolute atomic E-state index is 0.200. The summed E-state index contributed by atoms with van der Waals surface area (Å²) in [5.74, 6) is 0. The Morgan fingerprint density at radius 2 is 1.70 bits per heavy atom. The molecule has 1 aliphatic rings. The summed E-state index contributed by atoms with van der Waals surface area (Å²) < 4.78 is 0. The molecule has 0 spiro atoms. The van der Waals surface area contributed by atoms with Crippen molar-refractivity contribution in [2.75, 3.05) is 19.6 Å². The van der Waals surface area contributed by atoms with E-state index in [9.17, 15) is 0 Å². The van der Waals surface area contributed by atoms with Crippen LogP contribution in [-0.2, 0) is 13.0 Å². The van der Waals surface area contributed by atoms with E-state index in [1.165, 1.54) is 24.1 Å². The molecule has 1 heterocycles. The number of nitrogens with one attached hydrogen (secondary N) is 1. The molecule has 0 unspecified atom stereocenters. The predicted octanol–water partition coefficient (Wildman–Crippen LogP) is 3.46. The van der Waals surface area contributed by atoms with Crippen molar-refractivity contribution < 1.29 is 0 Å². The molecule has 0 fully saturated rings. The monoisotopic (exact) mass is 274 g/mol. The maximum atomic E-state index is 3.64. The van der Waals surface area contributed by atoms with Gasteiger partial charge in [-0.25, -0.2) is 0 Å². The van der Waals surface area contributed by atoms with Crippen molar-refractivity contribution in [1.82, 2.24) is 10.2 Å². The first-order chi connectivity index (χ1) is 9.25. The number of fused-ring (bicyclic) bond motifs is 1. The van der Waals surface area contributed by atoms with Crippen molar-refractivity contribution in [2.45, 2.75) is 53.1 Å². The van der Waals surface area contributed by atoms with Crippen LogP contribution in [0, 0.1) is 5.41 Å². The molecule has 1 aromatic rings. The van der Waals surface area contributed by atoms with E-state index < -0.39 is 0 Å². The van der Waals surface area contributed by atoms with E-state index in [-0.39, 0.29) is 5.54 Å². The molecule has 1 aliphatic heterocycles. The first kappa shape index (κ1) is 15.5. The molecule has 0 amide bonds. The molecule has 0 aromatic heterocycles. The molecular formula is C18H30N2. The van der Waals surface area contributed by atoms with E-state index in [4.69, 9.17) is 0 Å². The first-order valence-corrected chi connectivity index (χ1v) is 7.79. The zero-order chi connectivity index (χ0) is 14.8. The predicted molar refractivity (Wildman–Crippen MR) is 87.0 cm³/mol. The molecule has 0 atom stereocenters. The fourth-order valence-electron chi connectivity index (χ4n) is 2.85. The Balaban J connectivity index is 1.91. The largest absolute Gasteiger partial charge is 0.311 e. The summed E-state index contributed by atoms with van der Waals surface area (Å²) in [4.78, 5) is 2.60. The van der Waals surface area contributed by atoms with E-state index in [1.54, 1.807) is 0 Å². The van der Waals surface area contributed by atoms with E-state index in [0.717, 1.165) is 19.6 Å². The molecule has 112 valence electrons.